The van der Waals surface area contributed by atoms with E-state index in [1.807, 2.05) is 54.3 Å². The van der Waals surface area contributed by atoms with Gasteiger partial charge in [-0.3, -0.25) is 9.59 Å². The molecule has 3 atom stereocenters. The number of nitrogens with zero attached hydrogens (tertiary/aromatic N) is 1. The van der Waals surface area contributed by atoms with Crippen LogP contribution in [-0.4, -0.2) is 55.2 Å². The maximum atomic E-state index is 13.7. The van der Waals surface area contributed by atoms with Crippen LogP contribution in [0.25, 0.3) is 0 Å². The Labute approximate surface area is 214 Å². The van der Waals surface area contributed by atoms with Crippen LogP contribution in [0, 0.1) is 5.92 Å². The van der Waals surface area contributed by atoms with Gasteiger partial charge in [-0.1, -0.05) is 43.2 Å². The Morgan fingerprint density at radius 3 is 2.47 bits per heavy atom. The predicted octanol–water partition coefficient (Wildman–Crippen LogP) is 4.72. The minimum Gasteiger partial charge on any atom is -0.494 e. The molecule has 0 bridgehead atoms. The van der Waals surface area contributed by atoms with Gasteiger partial charge in [-0.15, -0.1) is 0 Å². The first-order valence-corrected chi connectivity index (χ1v) is 13.6. The Balaban J connectivity index is 1.35. The largest absolute Gasteiger partial charge is 0.494 e. The van der Waals surface area contributed by atoms with Gasteiger partial charge in [0.15, 0.2) is 0 Å². The fraction of sp³-hybridized carbons (Fsp3) is 0.533. The third kappa shape index (κ3) is 5.01. The quantitative estimate of drug-likeness (QED) is 0.610. The van der Waals surface area contributed by atoms with E-state index in [4.69, 9.17) is 9.47 Å². The first-order valence-electron chi connectivity index (χ1n) is 13.6. The number of hydrogen-bond donors (Lipinski definition) is 1. The lowest BCUT2D eigenvalue weighted by molar-refractivity contribution is -0.125. The molecule has 1 aliphatic carbocycles. The molecule has 3 fully saturated rings. The molecule has 0 spiro atoms. The molecule has 6 nitrogen and oxygen atoms in total. The number of carbonyl (C=O) groups is 2. The van der Waals surface area contributed by atoms with E-state index in [1.165, 1.54) is 12.0 Å². The standard InChI is InChI=1S/C30H38N2O4/c1-2-36-25-14-12-24(13-15-25)30(16-18-35-19-17-30)21-31-28(33)27-20-23-10-6-7-11-26(23)32(27)29(34)22-8-4-3-5-9-22/h3-5,8-9,12-15,23,26-27H,2,6-7,10-11,16-21H2,1H3,(H,31,33). The normalized spacial score (nSPS) is 25.1. The van der Waals surface area contributed by atoms with E-state index >= 15 is 0 Å². The van der Waals surface area contributed by atoms with Gasteiger partial charge in [0, 0.05) is 36.8 Å². The van der Waals surface area contributed by atoms with Gasteiger partial charge in [-0.25, -0.2) is 0 Å². The molecule has 1 N–H and O–H groups in total. The van der Waals surface area contributed by atoms with Crippen LogP contribution in [0.2, 0.25) is 0 Å². The molecule has 2 heterocycles. The Bertz CT molecular complexity index is 1030. The van der Waals surface area contributed by atoms with Crippen molar-refractivity contribution in [2.75, 3.05) is 26.4 Å². The average molecular weight is 491 g/mol. The molecule has 3 aliphatic rings. The first-order chi connectivity index (χ1) is 17.6. The third-order valence-corrected chi connectivity index (χ3v) is 8.47. The molecular weight excluding hydrogens is 452 g/mol. The second kappa shape index (κ2) is 11.0. The van der Waals surface area contributed by atoms with Gasteiger partial charge in [-0.05, 0) is 74.8 Å². The van der Waals surface area contributed by atoms with Crippen LogP contribution in [0.3, 0.4) is 0 Å². The number of likely N-dealkylation sites (tertiary alicyclic amines) is 1. The lowest BCUT2D eigenvalue weighted by Gasteiger charge is -2.39. The summed E-state index contributed by atoms with van der Waals surface area (Å²) in [6.45, 7) is 4.51. The van der Waals surface area contributed by atoms with Crippen molar-refractivity contribution in [3.8, 4) is 5.75 Å². The van der Waals surface area contributed by atoms with Crippen molar-refractivity contribution >= 4 is 11.8 Å². The summed E-state index contributed by atoms with van der Waals surface area (Å²) in [5.74, 6) is 1.23. The maximum Gasteiger partial charge on any atom is 0.254 e. The SMILES string of the molecule is CCOc1ccc(C2(CNC(=O)C3CC4CCCCC4N3C(=O)c3ccccc3)CCOCC2)cc1. The van der Waals surface area contributed by atoms with E-state index in [0.717, 1.165) is 44.3 Å². The fourth-order valence-electron chi connectivity index (χ4n) is 6.49. The lowest BCUT2D eigenvalue weighted by atomic mass is 9.74. The molecule has 0 aromatic heterocycles. The number of benzene rings is 2. The van der Waals surface area contributed by atoms with Gasteiger partial charge < -0.3 is 19.7 Å². The summed E-state index contributed by atoms with van der Waals surface area (Å²) in [6.07, 6.45) is 6.85. The summed E-state index contributed by atoms with van der Waals surface area (Å²) in [5.41, 5.74) is 1.68. The van der Waals surface area contributed by atoms with E-state index in [0.29, 0.717) is 37.8 Å². The van der Waals surface area contributed by atoms with E-state index in [1.54, 1.807) is 0 Å². The Morgan fingerprint density at radius 2 is 1.75 bits per heavy atom. The molecule has 2 aromatic carbocycles. The van der Waals surface area contributed by atoms with Crippen molar-refractivity contribution in [1.82, 2.24) is 10.2 Å². The molecule has 3 unspecified atom stereocenters. The Morgan fingerprint density at radius 1 is 1.03 bits per heavy atom. The summed E-state index contributed by atoms with van der Waals surface area (Å²) >= 11 is 0. The molecule has 2 amide bonds. The number of nitrogens with one attached hydrogen (secondary N) is 1. The Kier molecular flexibility index (Phi) is 7.61. The molecule has 1 saturated carbocycles. The smallest absolute Gasteiger partial charge is 0.254 e. The summed E-state index contributed by atoms with van der Waals surface area (Å²) in [6, 6.07) is 17.4. The second-order valence-corrected chi connectivity index (χ2v) is 10.5. The second-order valence-electron chi connectivity index (χ2n) is 10.5. The van der Waals surface area contributed by atoms with Crippen LogP contribution in [0.5, 0.6) is 5.75 Å². The van der Waals surface area contributed by atoms with Crippen molar-refractivity contribution in [3.63, 3.8) is 0 Å². The zero-order chi connectivity index (χ0) is 25.0. The number of carbonyl (C=O) groups excluding carboxylic acids is 2. The number of hydrogen-bond acceptors (Lipinski definition) is 4. The van der Waals surface area contributed by atoms with Gasteiger partial charge in [0.2, 0.25) is 5.91 Å². The average Bonchev–Trinajstić information content (AvgIpc) is 3.33. The molecule has 192 valence electrons. The van der Waals surface area contributed by atoms with Crippen molar-refractivity contribution in [1.29, 1.82) is 0 Å². The lowest BCUT2D eigenvalue weighted by Crippen LogP contribution is -2.52. The zero-order valence-corrected chi connectivity index (χ0v) is 21.3. The molecule has 2 aliphatic heterocycles. The highest BCUT2D eigenvalue weighted by Crippen LogP contribution is 2.41. The van der Waals surface area contributed by atoms with E-state index < -0.39 is 6.04 Å². The van der Waals surface area contributed by atoms with Crippen molar-refractivity contribution < 1.29 is 19.1 Å². The minimum absolute atomic E-state index is 0.0163. The highest BCUT2D eigenvalue weighted by molar-refractivity contribution is 5.98. The van der Waals surface area contributed by atoms with Gasteiger partial charge in [0.25, 0.3) is 5.91 Å². The molecule has 0 radical (unpaired) electrons. The zero-order valence-electron chi connectivity index (χ0n) is 21.3. The van der Waals surface area contributed by atoms with Crippen LogP contribution >= 0.6 is 0 Å². The topological polar surface area (TPSA) is 67.9 Å². The molecule has 6 heteroatoms. The minimum atomic E-state index is -0.414. The Hall–Kier alpha value is -2.86. The van der Waals surface area contributed by atoms with Gasteiger partial charge in [0.1, 0.15) is 11.8 Å². The molecule has 2 aromatic rings. The van der Waals surface area contributed by atoms with Crippen molar-refractivity contribution in [2.45, 2.75) is 69.4 Å². The number of rotatable bonds is 7. The number of ether oxygens (including phenoxy) is 2. The van der Waals surface area contributed by atoms with Crippen LogP contribution in [0.4, 0.5) is 0 Å². The summed E-state index contributed by atoms with van der Waals surface area (Å²) in [4.78, 5) is 29.3. The van der Waals surface area contributed by atoms with Crippen molar-refractivity contribution in [2.24, 2.45) is 5.92 Å². The third-order valence-electron chi connectivity index (χ3n) is 8.47. The van der Waals surface area contributed by atoms with Crippen LogP contribution in [0.1, 0.15) is 67.8 Å². The van der Waals surface area contributed by atoms with Gasteiger partial charge in [-0.2, -0.15) is 0 Å². The van der Waals surface area contributed by atoms with Gasteiger partial charge >= 0.3 is 0 Å². The van der Waals surface area contributed by atoms with Crippen LogP contribution in [0.15, 0.2) is 54.6 Å². The van der Waals surface area contributed by atoms with E-state index in [2.05, 4.69) is 17.4 Å². The van der Waals surface area contributed by atoms with E-state index in [-0.39, 0.29) is 23.3 Å². The highest BCUT2D eigenvalue weighted by Gasteiger charge is 2.48. The predicted molar refractivity (Wildman–Crippen MR) is 139 cm³/mol. The van der Waals surface area contributed by atoms with Crippen LogP contribution < -0.4 is 10.1 Å². The van der Waals surface area contributed by atoms with Crippen LogP contribution in [-0.2, 0) is 14.9 Å². The number of amides is 2. The number of fused-ring (bicyclic) bond motifs is 1. The molecule has 2 saturated heterocycles. The highest BCUT2D eigenvalue weighted by atomic mass is 16.5. The monoisotopic (exact) mass is 490 g/mol. The molecule has 5 rings (SSSR count). The summed E-state index contributed by atoms with van der Waals surface area (Å²) < 4.78 is 11.3. The van der Waals surface area contributed by atoms with Gasteiger partial charge in [0.05, 0.1) is 6.61 Å². The first kappa shape index (κ1) is 24.8. The summed E-state index contributed by atoms with van der Waals surface area (Å²) in [7, 11) is 0. The molecular formula is C30H38N2O4. The van der Waals surface area contributed by atoms with E-state index in [9.17, 15) is 9.59 Å². The molecule has 36 heavy (non-hydrogen) atoms. The maximum absolute atomic E-state index is 13.7. The fourth-order valence-corrected chi connectivity index (χ4v) is 6.49. The summed E-state index contributed by atoms with van der Waals surface area (Å²) in [5, 5.41) is 3.30. The van der Waals surface area contributed by atoms with Crippen molar-refractivity contribution in [3.05, 3.63) is 65.7 Å².